The number of rotatable bonds is 2. The minimum absolute atomic E-state index is 0.111. The number of hydrogen-bond donors (Lipinski definition) is 2. The molecule has 1 heterocycles. The second-order valence-electron chi connectivity index (χ2n) is 3.11. The molecule has 0 aromatic rings. The molecule has 0 saturated carbocycles. The second-order valence-corrected chi connectivity index (χ2v) is 3.11. The Morgan fingerprint density at radius 1 is 1.31 bits per heavy atom. The van der Waals surface area contributed by atoms with Crippen LogP contribution in [0.25, 0.3) is 0 Å². The first-order valence-corrected chi connectivity index (χ1v) is 5.09. The highest BCUT2D eigenvalue weighted by Gasteiger charge is 2.11. The van der Waals surface area contributed by atoms with Gasteiger partial charge in [-0.3, -0.25) is 4.99 Å². The van der Waals surface area contributed by atoms with Crippen molar-refractivity contribution < 1.29 is 0 Å². The van der Waals surface area contributed by atoms with Gasteiger partial charge in [0, 0.05) is 12.4 Å². The average molecular weight is 220 g/mol. The van der Waals surface area contributed by atoms with Crippen LogP contribution in [0.4, 0.5) is 0 Å². The lowest BCUT2D eigenvalue weighted by atomic mass is 10.3. The number of amidine groups is 1. The number of aliphatic imine (C=N–C) groups is 4. The Morgan fingerprint density at radius 3 is 2.69 bits per heavy atom. The Kier molecular flexibility index (Phi) is 4.38. The quantitative estimate of drug-likeness (QED) is 0.672. The van der Waals surface area contributed by atoms with Gasteiger partial charge in [0.05, 0.1) is 12.1 Å². The van der Waals surface area contributed by atoms with Crippen LogP contribution in [0.5, 0.6) is 0 Å². The summed E-state index contributed by atoms with van der Waals surface area (Å²) >= 11 is 0. The van der Waals surface area contributed by atoms with Crippen molar-refractivity contribution in [3.05, 3.63) is 11.5 Å². The highest BCUT2D eigenvalue weighted by atomic mass is 15.1. The van der Waals surface area contributed by atoms with Gasteiger partial charge in [-0.2, -0.15) is 9.98 Å². The molecule has 1 aliphatic rings. The molecule has 4 N–H and O–H groups in total. The van der Waals surface area contributed by atoms with Gasteiger partial charge in [0.1, 0.15) is 11.7 Å². The SMILES string of the molecule is CC=NC1=NC(N)=NC(N)=C(N=CCC)C1. The molecule has 1 aliphatic heterocycles. The molecule has 1 rings (SSSR count). The maximum Gasteiger partial charge on any atom is 0.223 e. The highest BCUT2D eigenvalue weighted by Crippen LogP contribution is 2.13. The summed E-state index contributed by atoms with van der Waals surface area (Å²) in [5, 5.41) is 0. The van der Waals surface area contributed by atoms with Crippen LogP contribution in [0.1, 0.15) is 26.7 Å². The monoisotopic (exact) mass is 220 g/mol. The Hall–Kier alpha value is -1.98. The summed E-state index contributed by atoms with van der Waals surface area (Å²) in [6, 6.07) is 0. The molecule has 0 aromatic heterocycles. The molecule has 0 spiro atoms. The summed E-state index contributed by atoms with van der Waals surface area (Å²) in [4.78, 5) is 16.3. The first kappa shape index (κ1) is 12.1. The topological polar surface area (TPSA) is 101 Å². The van der Waals surface area contributed by atoms with E-state index >= 15 is 0 Å². The molecular weight excluding hydrogens is 204 g/mol. The number of hydrogen-bond acceptors (Lipinski definition) is 6. The summed E-state index contributed by atoms with van der Waals surface area (Å²) in [5.41, 5.74) is 11.9. The Morgan fingerprint density at radius 2 is 2.06 bits per heavy atom. The molecule has 6 heteroatoms. The van der Waals surface area contributed by atoms with Crippen molar-refractivity contribution in [3.8, 4) is 0 Å². The predicted molar refractivity (Wildman–Crippen MR) is 67.8 cm³/mol. The van der Waals surface area contributed by atoms with Crippen molar-refractivity contribution in [2.24, 2.45) is 31.4 Å². The third-order valence-corrected chi connectivity index (χ3v) is 1.81. The van der Waals surface area contributed by atoms with Gasteiger partial charge in [-0.15, -0.1) is 0 Å². The predicted octanol–water partition coefficient (Wildman–Crippen LogP) is 0.803. The van der Waals surface area contributed by atoms with Crippen LogP contribution in [0.3, 0.4) is 0 Å². The van der Waals surface area contributed by atoms with Gasteiger partial charge in [0.2, 0.25) is 5.96 Å². The Labute approximate surface area is 94.6 Å². The van der Waals surface area contributed by atoms with E-state index in [1.54, 1.807) is 12.4 Å². The van der Waals surface area contributed by atoms with E-state index in [2.05, 4.69) is 20.0 Å². The van der Waals surface area contributed by atoms with Crippen LogP contribution in [0, 0.1) is 0 Å². The first-order valence-electron chi connectivity index (χ1n) is 5.09. The summed E-state index contributed by atoms with van der Waals surface area (Å²) < 4.78 is 0. The summed E-state index contributed by atoms with van der Waals surface area (Å²) in [7, 11) is 0. The van der Waals surface area contributed by atoms with E-state index in [-0.39, 0.29) is 5.96 Å². The smallest absolute Gasteiger partial charge is 0.223 e. The van der Waals surface area contributed by atoms with Crippen molar-refractivity contribution >= 4 is 24.2 Å². The summed E-state index contributed by atoms with van der Waals surface area (Å²) in [6.07, 6.45) is 4.69. The molecule has 6 nitrogen and oxygen atoms in total. The molecule has 0 aromatic carbocycles. The summed E-state index contributed by atoms with van der Waals surface area (Å²) in [5.74, 6) is 0.972. The zero-order chi connectivity index (χ0) is 12.0. The minimum Gasteiger partial charge on any atom is -0.382 e. The zero-order valence-corrected chi connectivity index (χ0v) is 9.51. The van der Waals surface area contributed by atoms with E-state index in [1.807, 2.05) is 13.8 Å². The van der Waals surface area contributed by atoms with E-state index in [0.29, 0.717) is 23.8 Å². The van der Waals surface area contributed by atoms with Gasteiger partial charge < -0.3 is 11.5 Å². The van der Waals surface area contributed by atoms with E-state index in [1.165, 1.54) is 0 Å². The highest BCUT2D eigenvalue weighted by molar-refractivity contribution is 6.00. The molecule has 0 unspecified atom stereocenters. The number of nitrogens with zero attached hydrogens (tertiary/aromatic N) is 4. The van der Waals surface area contributed by atoms with Crippen LogP contribution in [0.2, 0.25) is 0 Å². The van der Waals surface area contributed by atoms with Crippen LogP contribution >= 0.6 is 0 Å². The lowest BCUT2D eigenvalue weighted by Gasteiger charge is -2.00. The third-order valence-electron chi connectivity index (χ3n) is 1.81. The second kappa shape index (κ2) is 5.79. The van der Waals surface area contributed by atoms with E-state index < -0.39 is 0 Å². The third kappa shape index (κ3) is 3.30. The molecule has 0 saturated heterocycles. The molecule has 86 valence electrons. The van der Waals surface area contributed by atoms with Gasteiger partial charge in [0.25, 0.3) is 0 Å². The minimum atomic E-state index is 0.111. The van der Waals surface area contributed by atoms with E-state index in [0.717, 1.165) is 6.42 Å². The fourth-order valence-corrected chi connectivity index (χ4v) is 1.16. The molecule has 0 radical (unpaired) electrons. The van der Waals surface area contributed by atoms with Crippen molar-refractivity contribution in [3.63, 3.8) is 0 Å². The fraction of sp³-hybridized carbons (Fsp3) is 0.400. The van der Waals surface area contributed by atoms with Gasteiger partial charge in [-0.25, -0.2) is 4.99 Å². The van der Waals surface area contributed by atoms with Crippen LogP contribution in [-0.4, -0.2) is 24.2 Å². The lowest BCUT2D eigenvalue weighted by molar-refractivity contribution is 1.08. The van der Waals surface area contributed by atoms with Gasteiger partial charge >= 0.3 is 0 Å². The standard InChI is InChI=1S/C10H16N6/c1-3-5-14-7-6-8(13-4-2)15-10(12)16-9(7)11/h4-5H,3,6,11H2,1-2H3,(H2,12,16). The van der Waals surface area contributed by atoms with Crippen LogP contribution < -0.4 is 11.5 Å². The molecule has 0 amide bonds. The molecule has 0 bridgehead atoms. The maximum absolute atomic E-state index is 5.74. The molecule has 0 fully saturated rings. The van der Waals surface area contributed by atoms with Gasteiger partial charge in [-0.05, 0) is 13.3 Å². The number of nitrogens with two attached hydrogens (primary N) is 2. The largest absolute Gasteiger partial charge is 0.382 e. The molecule has 0 atom stereocenters. The molecular formula is C10H16N6. The zero-order valence-electron chi connectivity index (χ0n) is 9.51. The molecule has 0 aliphatic carbocycles. The van der Waals surface area contributed by atoms with Crippen molar-refractivity contribution in [1.29, 1.82) is 0 Å². The van der Waals surface area contributed by atoms with E-state index in [9.17, 15) is 0 Å². The van der Waals surface area contributed by atoms with Crippen molar-refractivity contribution in [2.45, 2.75) is 26.7 Å². The number of guanidine groups is 1. The Bertz CT molecular complexity index is 400. The Balaban J connectivity index is 3.04. The van der Waals surface area contributed by atoms with Gasteiger partial charge in [-0.1, -0.05) is 6.92 Å². The van der Waals surface area contributed by atoms with Crippen molar-refractivity contribution in [1.82, 2.24) is 0 Å². The summed E-state index contributed by atoms with van der Waals surface area (Å²) in [6.45, 7) is 3.80. The van der Waals surface area contributed by atoms with Crippen LogP contribution in [0.15, 0.2) is 31.5 Å². The lowest BCUT2D eigenvalue weighted by Crippen LogP contribution is -2.11. The average Bonchev–Trinajstić information content (AvgIpc) is 2.35. The molecule has 16 heavy (non-hydrogen) atoms. The maximum atomic E-state index is 5.74. The van der Waals surface area contributed by atoms with Gasteiger partial charge in [0.15, 0.2) is 0 Å². The first-order chi connectivity index (χ1) is 7.67. The fourth-order valence-electron chi connectivity index (χ4n) is 1.16. The van der Waals surface area contributed by atoms with E-state index in [4.69, 9.17) is 11.5 Å². The van der Waals surface area contributed by atoms with Crippen molar-refractivity contribution in [2.75, 3.05) is 0 Å². The van der Waals surface area contributed by atoms with Crippen LogP contribution in [-0.2, 0) is 0 Å². The normalized spacial score (nSPS) is 17.9.